The summed E-state index contributed by atoms with van der Waals surface area (Å²) in [7, 11) is -3.96. The van der Waals surface area contributed by atoms with E-state index in [0.29, 0.717) is 23.4 Å². The number of halogens is 2. The number of hydrogen-bond donors (Lipinski definition) is 6. The van der Waals surface area contributed by atoms with Crippen molar-refractivity contribution in [2.75, 3.05) is 29.0 Å². The molecule has 0 bridgehead atoms. The van der Waals surface area contributed by atoms with Crippen LogP contribution >= 0.6 is 22.5 Å². The summed E-state index contributed by atoms with van der Waals surface area (Å²) in [6, 6.07) is 5.61. The number of nitrogens with zero attached hydrogens (tertiary/aromatic N) is 5. The van der Waals surface area contributed by atoms with Gasteiger partial charge >= 0.3 is 5.69 Å². The molecule has 36 heavy (non-hydrogen) atoms. The lowest BCUT2D eigenvalue weighted by atomic mass is 10.2. The zero-order chi connectivity index (χ0) is 26.6. The van der Waals surface area contributed by atoms with Crippen molar-refractivity contribution in [2.24, 2.45) is 0 Å². The molecule has 0 saturated heterocycles. The van der Waals surface area contributed by atoms with Crippen LogP contribution in [0.1, 0.15) is 5.56 Å². The molecule has 3 rings (SSSR count). The molecule has 1 aromatic heterocycles. The maximum Gasteiger partial charge on any atom is 0.311 e. The normalized spacial score (nSPS) is 11.6. The van der Waals surface area contributed by atoms with Crippen LogP contribution in [0.4, 0.5) is 39.0 Å². The molecule has 0 aliphatic rings. The minimum atomic E-state index is -3.96. The van der Waals surface area contributed by atoms with Gasteiger partial charge in [0.05, 0.1) is 20.8 Å². The largest absolute Gasteiger partial charge is 0.378 e. The first kappa shape index (κ1) is 26.7. The lowest BCUT2D eigenvalue weighted by Crippen LogP contribution is -2.17. The van der Waals surface area contributed by atoms with Crippen molar-refractivity contribution in [1.82, 2.24) is 15.0 Å². The van der Waals surface area contributed by atoms with E-state index in [4.69, 9.17) is 11.6 Å². The number of aromatic nitrogens is 3. The Morgan fingerprint density at radius 2 is 1.61 bits per heavy atom. The number of hydrogen-bond acceptors (Lipinski definition) is 13. The van der Waals surface area contributed by atoms with E-state index in [-0.39, 0.29) is 40.9 Å². The molecule has 0 aliphatic heterocycles. The van der Waals surface area contributed by atoms with Crippen LogP contribution in [0.2, 0.25) is 5.28 Å². The van der Waals surface area contributed by atoms with Crippen LogP contribution in [0.25, 0.3) is 0 Å². The van der Waals surface area contributed by atoms with Gasteiger partial charge in [0.2, 0.25) is 23.0 Å². The van der Waals surface area contributed by atoms with Crippen molar-refractivity contribution in [3.05, 3.63) is 67.2 Å². The molecule has 15 nitrogen and oxygen atoms in total. The van der Waals surface area contributed by atoms with Gasteiger partial charge in [-0.05, 0) is 36.2 Å². The van der Waals surface area contributed by atoms with Crippen LogP contribution in [0, 0.1) is 33.0 Å². The minimum absolute atomic E-state index is 0.000162. The minimum Gasteiger partial charge on any atom is -0.378 e. The number of nitro groups is 2. The first-order chi connectivity index (χ1) is 16.8. The van der Waals surface area contributed by atoms with Crippen molar-refractivity contribution < 1.29 is 27.9 Å². The highest BCUT2D eigenvalue weighted by molar-refractivity contribution is 8.19. The Labute approximate surface area is 208 Å². The highest BCUT2D eigenvalue weighted by atomic mass is 35.5. The SMILES string of the molecule is Cc1ccc(Nc2nc(Cl)nc(NCCNc3cc(F)c([N+](=O)[O-])cc3[N+](=O)[O-])n2)cc1S(O)(O)O. The van der Waals surface area contributed by atoms with Gasteiger partial charge in [-0.15, -0.1) is 0 Å². The molecule has 0 aliphatic carbocycles. The van der Waals surface area contributed by atoms with Gasteiger partial charge in [0.15, 0.2) is 0 Å². The first-order valence-electron chi connectivity index (χ1n) is 9.75. The van der Waals surface area contributed by atoms with Gasteiger partial charge in [0, 0.05) is 24.8 Å². The monoisotopic (exact) mass is 544 g/mol. The number of rotatable bonds is 10. The van der Waals surface area contributed by atoms with E-state index in [1.54, 1.807) is 13.0 Å². The summed E-state index contributed by atoms with van der Waals surface area (Å²) in [6.45, 7) is 1.65. The average molecular weight is 545 g/mol. The second kappa shape index (κ2) is 10.8. The molecule has 0 atom stereocenters. The molecule has 6 N–H and O–H groups in total. The van der Waals surface area contributed by atoms with Crippen molar-refractivity contribution in [3.63, 3.8) is 0 Å². The van der Waals surface area contributed by atoms with E-state index >= 15 is 0 Å². The fraction of sp³-hybridized carbons (Fsp3) is 0.167. The quantitative estimate of drug-likeness (QED) is 0.116. The fourth-order valence-corrected chi connectivity index (χ4v) is 3.89. The van der Waals surface area contributed by atoms with E-state index in [2.05, 4.69) is 30.9 Å². The van der Waals surface area contributed by atoms with Gasteiger partial charge in [-0.1, -0.05) is 6.07 Å². The van der Waals surface area contributed by atoms with Crippen LogP contribution in [0.3, 0.4) is 0 Å². The molecule has 0 radical (unpaired) electrons. The van der Waals surface area contributed by atoms with E-state index in [1.165, 1.54) is 12.1 Å². The van der Waals surface area contributed by atoms with Crippen LogP contribution in [0.5, 0.6) is 0 Å². The Bertz CT molecular complexity index is 1330. The summed E-state index contributed by atoms with van der Waals surface area (Å²) >= 11 is 5.92. The second-order valence-corrected chi connectivity index (χ2v) is 8.88. The third kappa shape index (κ3) is 6.61. The van der Waals surface area contributed by atoms with Gasteiger partial charge in [-0.25, -0.2) is 0 Å². The first-order valence-corrected chi connectivity index (χ1v) is 11.6. The molecule has 1 heterocycles. The van der Waals surface area contributed by atoms with Crippen molar-refractivity contribution >= 4 is 57.1 Å². The fourth-order valence-electron chi connectivity index (χ4n) is 2.94. The van der Waals surface area contributed by atoms with Crippen molar-refractivity contribution in [1.29, 1.82) is 0 Å². The van der Waals surface area contributed by atoms with Crippen LogP contribution in [0.15, 0.2) is 35.2 Å². The van der Waals surface area contributed by atoms with Crippen LogP contribution in [-0.4, -0.2) is 51.5 Å². The summed E-state index contributed by atoms with van der Waals surface area (Å²) in [5, 5.41) is 30.0. The standard InChI is InChI=1S/C18H18ClFN8O7S/c1-9-2-3-10(6-15(9)36(33,34)35)23-18-25-16(19)24-17(26-18)22-5-4-21-12-7-11(20)13(27(29)30)8-14(12)28(31)32/h2-3,6-8,21,33-35H,4-5H2,1H3,(H2,22,23,24,25,26). The zero-order valence-electron chi connectivity index (χ0n) is 18.2. The Morgan fingerprint density at radius 3 is 2.25 bits per heavy atom. The van der Waals surface area contributed by atoms with Gasteiger partial charge in [-0.3, -0.25) is 20.2 Å². The predicted molar refractivity (Wildman–Crippen MR) is 130 cm³/mol. The molecule has 3 aromatic rings. The zero-order valence-corrected chi connectivity index (χ0v) is 19.7. The van der Waals surface area contributed by atoms with Gasteiger partial charge in [-0.2, -0.15) is 19.3 Å². The number of benzene rings is 2. The molecule has 0 saturated carbocycles. The molecular formula is C18H18ClFN8O7S. The molecule has 0 spiro atoms. The van der Waals surface area contributed by atoms with E-state index in [0.717, 1.165) is 0 Å². The second-order valence-electron chi connectivity index (χ2n) is 7.06. The molecule has 2 aromatic carbocycles. The van der Waals surface area contributed by atoms with Gasteiger partial charge < -0.3 is 29.6 Å². The third-order valence-corrected chi connectivity index (χ3v) is 5.73. The van der Waals surface area contributed by atoms with Gasteiger partial charge in [0.25, 0.3) is 5.69 Å². The molecule has 0 fully saturated rings. The number of nitro benzene ring substituents is 2. The molecular weight excluding hydrogens is 527 g/mol. The average Bonchev–Trinajstić information content (AvgIpc) is 2.76. The van der Waals surface area contributed by atoms with Crippen molar-refractivity contribution in [3.8, 4) is 0 Å². The topological polar surface area (TPSA) is 222 Å². The van der Waals surface area contributed by atoms with Crippen LogP contribution < -0.4 is 16.0 Å². The van der Waals surface area contributed by atoms with Gasteiger partial charge in [0.1, 0.15) is 16.6 Å². The van der Waals surface area contributed by atoms with Crippen LogP contribution in [-0.2, 0) is 0 Å². The molecule has 192 valence electrons. The smallest absolute Gasteiger partial charge is 0.311 e. The number of anilines is 4. The van der Waals surface area contributed by atoms with E-state index in [9.17, 15) is 38.3 Å². The highest BCUT2D eigenvalue weighted by Gasteiger charge is 2.24. The van der Waals surface area contributed by atoms with E-state index < -0.39 is 37.9 Å². The number of nitrogens with one attached hydrogen (secondary N) is 3. The Balaban J connectivity index is 1.68. The summed E-state index contributed by atoms with van der Waals surface area (Å²) < 4.78 is 42.5. The lowest BCUT2D eigenvalue weighted by molar-refractivity contribution is -0.395. The lowest BCUT2D eigenvalue weighted by Gasteiger charge is -2.22. The molecule has 0 amide bonds. The van der Waals surface area contributed by atoms with E-state index in [1.807, 2.05) is 0 Å². The maximum atomic E-state index is 13.9. The maximum absolute atomic E-state index is 13.9. The summed E-state index contributed by atoms with van der Waals surface area (Å²) in [6.07, 6.45) is 0. The Morgan fingerprint density at radius 1 is 0.972 bits per heavy atom. The van der Waals surface area contributed by atoms with Crippen molar-refractivity contribution in [2.45, 2.75) is 11.8 Å². The molecule has 18 heteroatoms. The summed E-state index contributed by atoms with van der Waals surface area (Å²) in [4.78, 5) is 31.9. The predicted octanol–water partition coefficient (Wildman–Crippen LogP) is 4.64. The Hall–Kier alpha value is -3.90. The molecule has 0 unspecified atom stereocenters. The number of aryl methyl sites for hydroxylation is 1. The third-order valence-electron chi connectivity index (χ3n) is 4.53. The summed E-state index contributed by atoms with van der Waals surface area (Å²) in [5.41, 5.74) is -1.19. The highest BCUT2D eigenvalue weighted by Crippen LogP contribution is 2.46. The summed E-state index contributed by atoms with van der Waals surface area (Å²) in [5.74, 6) is -1.26. The Kier molecular flexibility index (Phi) is 8.00.